The molecule has 0 spiro atoms. The molecule has 0 saturated heterocycles. The predicted molar refractivity (Wildman–Crippen MR) is 69.3 cm³/mol. The minimum atomic E-state index is -3.55. The first-order chi connectivity index (χ1) is 7.73. The van der Waals surface area contributed by atoms with Gasteiger partial charge in [0.15, 0.2) is 0 Å². The molecule has 0 atom stereocenters. The number of nitrogens with one attached hydrogen (secondary N) is 1. The lowest BCUT2D eigenvalue weighted by Gasteiger charge is -2.17. The Morgan fingerprint density at radius 1 is 1.18 bits per heavy atom. The summed E-state index contributed by atoms with van der Waals surface area (Å²) in [4.78, 5) is 2.46. The van der Waals surface area contributed by atoms with E-state index in [9.17, 15) is 8.42 Å². The number of rotatable bonds is 3. The zero-order valence-corrected chi connectivity index (χ0v) is 11.4. The van der Waals surface area contributed by atoms with Gasteiger partial charge < -0.3 is 0 Å². The molecule has 0 heterocycles. The Balaban J connectivity index is 2.90. The lowest BCUT2D eigenvalue weighted by Crippen LogP contribution is -2.24. The largest absolute Gasteiger partial charge is 0.276 e. The first-order valence-corrected chi connectivity index (χ1v) is 6.83. The molecule has 0 aliphatic carbocycles. The van der Waals surface area contributed by atoms with Gasteiger partial charge in [-0.3, -0.25) is 0 Å². The van der Waals surface area contributed by atoms with E-state index in [2.05, 4.69) is 9.93 Å². The lowest BCUT2D eigenvalue weighted by molar-refractivity contribution is 0.571. The third-order valence-corrected chi connectivity index (χ3v) is 3.70. The van der Waals surface area contributed by atoms with Crippen molar-refractivity contribution < 1.29 is 8.42 Å². The molecule has 5 heteroatoms. The first-order valence-electron chi connectivity index (χ1n) is 5.35. The minimum absolute atomic E-state index is 0.154. The molecule has 0 saturated carbocycles. The number of hydrogen-bond donors (Lipinski definition) is 1. The number of hydrogen-bond acceptors (Lipinski definition) is 3. The van der Waals surface area contributed by atoms with Gasteiger partial charge in [-0.25, -0.2) is 4.83 Å². The summed E-state index contributed by atoms with van der Waals surface area (Å²) in [6.45, 7) is 7.72. The molecule has 1 aromatic carbocycles. The maximum atomic E-state index is 11.8. The highest BCUT2D eigenvalue weighted by Gasteiger charge is 2.17. The summed E-state index contributed by atoms with van der Waals surface area (Å²) in [5.41, 5.74) is 0.580. The molecule has 0 unspecified atom stereocenters. The van der Waals surface area contributed by atoms with E-state index in [1.54, 1.807) is 25.1 Å². The van der Waals surface area contributed by atoms with Crippen LogP contribution in [0.3, 0.4) is 0 Å². The van der Waals surface area contributed by atoms with Gasteiger partial charge in [0.1, 0.15) is 0 Å². The zero-order chi connectivity index (χ0) is 13.1. The lowest BCUT2D eigenvalue weighted by atomic mass is 9.91. The number of benzene rings is 1. The van der Waals surface area contributed by atoms with Crippen LogP contribution in [0.2, 0.25) is 0 Å². The van der Waals surface area contributed by atoms with Gasteiger partial charge in [0.05, 0.1) is 4.90 Å². The third-order valence-electron chi connectivity index (χ3n) is 2.47. The number of sulfonamides is 1. The van der Waals surface area contributed by atoms with Crippen molar-refractivity contribution in [3.8, 4) is 0 Å². The molecular formula is C12H18N2O2S. The van der Waals surface area contributed by atoms with E-state index in [-0.39, 0.29) is 10.3 Å². The van der Waals surface area contributed by atoms with Crippen LogP contribution in [0.15, 0.2) is 40.3 Å². The van der Waals surface area contributed by atoms with Crippen LogP contribution in [0.5, 0.6) is 0 Å². The van der Waals surface area contributed by atoms with Gasteiger partial charge in [-0.15, -0.1) is 0 Å². The van der Waals surface area contributed by atoms with E-state index >= 15 is 0 Å². The van der Waals surface area contributed by atoms with Crippen molar-refractivity contribution in [1.29, 1.82) is 0 Å². The van der Waals surface area contributed by atoms with Gasteiger partial charge in [0.2, 0.25) is 0 Å². The van der Waals surface area contributed by atoms with Gasteiger partial charge in [-0.1, -0.05) is 39.0 Å². The summed E-state index contributed by atoms with van der Waals surface area (Å²) in [5, 5.41) is 3.92. The molecule has 1 rings (SSSR count). The third kappa shape index (κ3) is 3.85. The van der Waals surface area contributed by atoms with Crippen molar-refractivity contribution in [3.63, 3.8) is 0 Å². The van der Waals surface area contributed by atoms with Crippen LogP contribution in [0.4, 0.5) is 0 Å². The molecule has 0 amide bonds. The molecule has 1 aromatic rings. The number of nitrogens with zero attached hydrogens (tertiary/aromatic N) is 1. The fraction of sp³-hybridized carbons (Fsp3) is 0.417. The van der Waals surface area contributed by atoms with Crippen LogP contribution in [0.1, 0.15) is 27.7 Å². The van der Waals surface area contributed by atoms with Gasteiger partial charge in [-0.2, -0.15) is 13.5 Å². The van der Waals surface area contributed by atoms with Crippen LogP contribution < -0.4 is 4.83 Å². The van der Waals surface area contributed by atoms with E-state index in [4.69, 9.17) is 0 Å². The molecule has 0 bridgehead atoms. The Hall–Kier alpha value is -1.36. The first kappa shape index (κ1) is 13.7. The van der Waals surface area contributed by atoms with Gasteiger partial charge in [0, 0.05) is 11.1 Å². The summed E-state index contributed by atoms with van der Waals surface area (Å²) in [7, 11) is -3.55. The molecule has 4 nitrogen and oxygen atoms in total. The normalized spacial score (nSPS) is 13.5. The smallest absolute Gasteiger partial charge is 0.200 e. The highest BCUT2D eigenvalue weighted by molar-refractivity contribution is 7.89. The van der Waals surface area contributed by atoms with Crippen LogP contribution in [0.25, 0.3) is 0 Å². The summed E-state index contributed by atoms with van der Waals surface area (Å²) in [5.74, 6) is 0. The maximum absolute atomic E-state index is 11.8. The molecule has 17 heavy (non-hydrogen) atoms. The van der Waals surface area contributed by atoms with Gasteiger partial charge in [-0.05, 0) is 19.1 Å². The fourth-order valence-corrected chi connectivity index (χ4v) is 1.83. The molecule has 0 fully saturated rings. The Bertz CT molecular complexity index is 499. The Morgan fingerprint density at radius 3 is 2.18 bits per heavy atom. The van der Waals surface area contributed by atoms with Crippen LogP contribution in [-0.2, 0) is 10.0 Å². The Labute approximate surface area is 103 Å². The summed E-state index contributed by atoms with van der Waals surface area (Å²) < 4.78 is 23.7. The van der Waals surface area contributed by atoms with Crippen molar-refractivity contribution in [2.24, 2.45) is 10.5 Å². The zero-order valence-electron chi connectivity index (χ0n) is 10.6. The average molecular weight is 254 g/mol. The van der Waals surface area contributed by atoms with E-state index in [0.717, 1.165) is 5.71 Å². The van der Waals surface area contributed by atoms with Crippen LogP contribution in [0, 0.1) is 5.41 Å². The second kappa shape index (κ2) is 4.87. The second-order valence-electron chi connectivity index (χ2n) is 4.85. The highest BCUT2D eigenvalue weighted by atomic mass is 32.2. The second-order valence-corrected chi connectivity index (χ2v) is 6.52. The van der Waals surface area contributed by atoms with E-state index < -0.39 is 10.0 Å². The Morgan fingerprint density at radius 2 is 1.71 bits per heavy atom. The minimum Gasteiger partial charge on any atom is -0.200 e. The summed E-state index contributed by atoms with van der Waals surface area (Å²) in [6, 6.07) is 8.18. The molecule has 94 valence electrons. The predicted octanol–water partition coefficient (Wildman–Crippen LogP) is 2.39. The quantitative estimate of drug-likeness (QED) is 0.665. The Kier molecular flexibility index (Phi) is 3.93. The molecule has 0 aliphatic heterocycles. The molecule has 0 radical (unpaired) electrons. The van der Waals surface area contributed by atoms with Gasteiger partial charge >= 0.3 is 0 Å². The topological polar surface area (TPSA) is 58.5 Å². The molecule has 1 N–H and O–H groups in total. The van der Waals surface area contributed by atoms with Crippen LogP contribution in [-0.4, -0.2) is 14.1 Å². The van der Waals surface area contributed by atoms with Crippen molar-refractivity contribution in [1.82, 2.24) is 4.83 Å². The average Bonchev–Trinajstić information content (AvgIpc) is 2.26. The molecular weight excluding hydrogens is 236 g/mol. The SMILES string of the molecule is CC(=NNS(=O)(=O)c1ccccc1)C(C)(C)C. The van der Waals surface area contributed by atoms with Crippen molar-refractivity contribution in [3.05, 3.63) is 30.3 Å². The maximum Gasteiger partial charge on any atom is 0.276 e. The van der Waals surface area contributed by atoms with Crippen molar-refractivity contribution in [2.75, 3.05) is 0 Å². The van der Waals surface area contributed by atoms with E-state index in [0.29, 0.717) is 0 Å². The van der Waals surface area contributed by atoms with Crippen molar-refractivity contribution >= 4 is 15.7 Å². The standard InChI is InChI=1S/C12H18N2O2S/c1-10(12(2,3)4)13-14-17(15,16)11-8-6-5-7-9-11/h5-9,14H,1-4H3. The highest BCUT2D eigenvalue weighted by Crippen LogP contribution is 2.15. The molecule has 0 aromatic heterocycles. The van der Waals surface area contributed by atoms with E-state index in [1.165, 1.54) is 12.1 Å². The summed E-state index contributed by atoms with van der Waals surface area (Å²) in [6.07, 6.45) is 0. The van der Waals surface area contributed by atoms with Crippen LogP contribution >= 0.6 is 0 Å². The molecule has 0 aliphatic rings. The van der Waals surface area contributed by atoms with Gasteiger partial charge in [0.25, 0.3) is 10.0 Å². The monoisotopic (exact) mass is 254 g/mol. The number of hydrazone groups is 1. The summed E-state index contributed by atoms with van der Waals surface area (Å²) >= 11 is 0. The van der Waals surface area contributed by atoms with Crippen molar-refractivity contribution in [2.45, 2.75) is 32.6 Å². The van der Waals surface area contributed by atoms with E-state index in [1.807, 2.05) is 20.8 Å². The fourth-order valence-electron chi connectivity index (χ4n) is 0.949.